The first-order chi connectivity index (χ1) is 10.3. The van der Waals surface area contributed by atoms with Crippen LogP contribution in [0.4, 0.5) is 0 Å². The topological polar surface area (TPSA) is 44.8 Å². The minimum Gasteiger partial charge on any atom is -0.462 e. The van der Waals surface area contributed by atoms with Gasteiger partial charge in [0, 0.05) is 11.8 Å². The van der Waals surface area contributed by atoms with Crippen molar-refractivity contribution < 1.29 is 19.0 Å². The van der Waals surface area contributed by atoms with Crippen LogP contribution in [0.3, 0.4) is 0 Å². The highest BCUT2D eigenvalue weighted by atomic mass is 16.7. The number of rotatable bonds is 0. The molecule has 1 aliphatic carbocycles. The van der Waals surface area contributed by atoms with Crippen LogP contribution in [0.1, 0.15) is 59.5 Å². The molecule has 0 saturated carbocycles. The van der Waals surface area contributed by atoms with Crippen LogP contribution < -0.4 is 0 Å². The van der Waals surface area contributed by atoms with Gasteiger partial charge in [-0.15, -0.1) is 0 Å². The van der Waals surface area contributed by atoms with Crippen LogP contribution >= 0.6 is 0 Å². The summed E-state index contributed by atoms with van der Waals surface area (Å²) in [7, 11) is 0. The number of cyclic esters (lactones) is 1. The second-order valence-electron chi connectivity index (χ2n) is 7.50. The van der Waals surface area contributed by atoms with Crippen LogP contribution in [0.25, 0.3) is 0 Å². The molecule has 1 aromatic carbocycles. The highest BCUT2D eigenvalue weighted by molar-refractivity contribution is 5.93. The molecule has 4 rings (SSSR count). The van der Waals surface area contributed by atoms with Crippen LogP contribution in [-0.4, -0.2) is 25.0 Å². The van der Waals surface area contributed by atoms with Gasteiger partial charge in [0.05, 0.1) is 24.9 Å². The fourth-order valence-electron chi connectivity index (χ4n) is 4.09. The van der Waals surface area contributed by atoms with Crippen molar-refractivity contribution in [3.8, 4) is 0 Å². The summed E-state index contributed by atoms with van der Waals surface area (Å²) in [5, 5.41) is 0. The zero-order valence-corrected chi connectivity index (χ0v) is 13.6. The zero-order valence-electron chi connectivity index (χ0n) is 13.6. The van der Waals surface area contributed by atoms with Gasteiger partial charge in [-0.25, -0.2) is 4.79 Å². The van der Waals surface area contributed by atoms with Crippen LogP contribution in [0.15, 0.2) is 6.07 Å². The molecule has 0 amide bonds. The number of ether oxygens (including phenoxy) is 3. The number of benzene rings is 1. The molecule has 0 spiro atoms. The van der Waals surface area contributed by atoms with E-state index in [4.69, 9.17) is 14.2 Å². The first-order valence-electron chi connectivity index (χ1n) is 7.95. The highest BCUT2D eigenvalue weighted by Crippen LogP contribution is 2.54. The maximum absolute atomic E-state index is 12.1. The Labute approximate surface area is 130 Å². The third-order valence-electron chi connectivity index (χ3n) is 5.33. The largest absolute Gasteiger partial charge is 0.462 e. The Balaban J connectivity index is 1.88. The fourth-order valence-corrected chi connectivity index (χ4v) is 4.09. The molecule has 4 nitrogen and oxygen atoms in total. The second-order valence-corrected chi connectivity index (χ2v) is 7.50. The smallest absolute Gasteiger partial charge is 0.338 e. The standard InChI is InChI=1S/C18H22O4/c1-10-11-5-6-20-16(19)13(11)7-12-14(10)8-18(4)9-21-17(2,3)22-15(12)18/h7,15H,5-6,8-9H2,1-4H3. The molecule has 0 N–H and O–H groups in total. The molecular weight excluding hydrogens is 280 g/mol. The van der Waals surface area contributed by atoms with E-state index in [1.807, 2.05) is 19.9 Å². The average molecular weight is 302 g/mol. The van der Waals surface area contributed by atoms with E-state index in [0.29, 0.717) is 13.2 Å². The molecule has 2 aliphatic heterocycles. The molecule has 2 unspecified atom stereocenters. The molecule has 0 radical (unpaired) electrons. The van der Waals surface area contributed by atoms with Crippen molar-refractivity contribution in [1.82, 2.24) is 0 Å². The Morgan fingerprint density at radius 3 is 2.77 bits per heavy atom. The maximum Gasteiger partial charge on any atom is 0.338 e. The number of esters is 1. The summed E-state index contributed by atoms with van der Waals surface area (Å²) in [6.07, 6.45) is 1.73. The molecule has 22 heavy (non-hydrogen) atoms. The first-order valence-corrected chi connectivity index (χ1v) is 7.95. The lowest BCUT2D eigenvalue weighted by Crippen LogP contribution is -2.45. The van der Waals surface area contributed by atoms with Crippen LogP contribution in [0.2, 0.25) is 0 Å². The van der Waals surface area contributed by atoms with Crippen molar-refractivity contribution in [3.05, 3.63) is 33.9 Å². The number of carbonyl (C=O) groups is 1. The molecule has 1 aromatic rings. The molecule has 118 valence electrons. The van der Waals surface area contributed by atoms with E-state index in [-0.39, 0.29) is 17.5 Å². The van der Waals surface area contributed by atoms with E-state index in [0.717, 1.165) is 29.5 Å². The molecule has 2 atom stereocenters. The van der Waals surface area contributed by atoms with E-state index in [9.17, 15) is 4.79 Å². The van der Waals surface area contributed by atoms with Crippen molar-refractivity contribution in [2.45, 2.75) is 52.4 Å². The zero-order chi connectivity index (χ0) is 15.7. The quantitative estimate of drug-likeness (QED) is 0.691. The summed E-state index contributed by atoms with van der Waals surface area (Å²) >= 11 is 0. The molecule has 0 aromatic heterocycles. The lowest BCUT2D eigenvalue weighted by atomic mass is 9.84. The first kappa shape index (κ1) is 14.2. The highest BCUT2D eigenvalue weighted by Gasteiger charge is 2.51. The average Bonchev–Trinajstić information content (AvgIpc) is 2.74. The molecule has 2 heterocycles. The number of hydrogen-bond acceptors (Lipinski definition) is 4. The third-order valence-corrected chi connectivity index (χ3v) is 5.33. The van der Waals surface area contributed by atoms with Gasteiger partial charge in [0.25, 0.3) is 0 Å². The summed E-state index contributed by atoms with van der Waals surface area (Å²) in [6.45, 7) is 9.40. The summed E-state index contributed by atoms with van der Waals surface area (Å²) in [5.74, 6) is -0.789. The van der Waals surface area contributed by atoms with Crippen molar-refractivity contribution in [3.63, 3.8) is 0 Å². The Kier molecular flexibility index (Phi) is 2.80. The number of carbonyl (C=O) groups excluding carboxylic acids is 1. The Hall–Kier alpha value is -1.39. The maximum atomic E-state index is 12.1. The van der Waals surface area contributed by atoms with Crippen LogP contribution in [0, 0.1) is 12.3 Å². The third kappa shape index (κ3) is 1.87. The van der Waals surface area contributed by atoms with Crippen molar-refractivity contribution in [2.24, 2.45) is 5.41 Å². The SMILES string of the molecule is Cc1c2c(cc3c1CC1(C)COC(C)(C)OC31)C(=O)OCC2. The van der Waals surface area contributed by atoms with Gasteiger partial charge in [-0.2, -0.15) is 0 Å². The molecule has 3 aliphatic rings. The van der Waals surface area contributed by atoms with Gasteiger partial charge < -0.3 is 14.2 Å². The van der Waals surface area contributed by atoms with Gasteiger partial charge in [0.1, 0.15) is 0 Å². The summed E-state index contributed by atoms with van der Waals surface area (Å²) in [6, 6.07) is 2.01. The van der Waals surface area contributed by atoms with Crippen molar-refractivity contribution in [2.75, 3.05) is 13.2 Å². The van der Waals surface area contributed by atoms with E-state index in [1.165, 1.54) is 11.1 Å². The lowest BCUT2D eigenvalue weighted by Gasteiger charge is -2.44. The van der Waals surface area contributed by atoms with E-state index in [1.54, 1.807) is 0 Å². The molecular formula is C18H22O4. The van der Waals surface area contributed by atoms with Crippen molar-refractivity contribution in [1.29, 1.82) is 0 Å². The number of hydrogen-bond donors (Lipinski definition) is 0. The monoisotopic (exact) mass is 302 g/mol. The number of fused-ring (bicyclic) bond motifs is 4. The predicted molar refractivity (Wildman–Crippen MR) is 80.8 cm³/mol. The molecule has 1 fully saturated rings. The van der Waals surface area contributed by atoms with Gasteiger partial charge in [0.15, 0.2) is 5.79 Å². The minimum atomic E-state index is -0.587. The van der Waals surface area contributed by atoms with Gasteiger partial charge in [-0.1, -0.05) is 6.92 Å². The predicted octanol–water partition coefficient (Wildman–Crippen LogP) is 3.09. The summed E-state index contributed by atoms with van der Waals surface area (Å²) in [4.78, 5) is 12.1. The Morgan fingerprint density at radius 2 is 2.00 bits per heavy atom. The minimum absolute atomic E-state index is 0.0232. The van der Waals surface area contributed by atoms with Crippen LogP contribution in [-0.2, 0) is 27.1 Å². The normalized spacial score (nSPS) is 32.0. The van der Waals surface area contributed by atoms with E-state index >= 15 is 0 Å². The molecule has 0 bridgehead atoms. The lowest BCUT2D eigenvalue weighted by molar-refractivity contribution is -0.314. The van der Waals surface area contributed by atoms with Gasteiger partial charge in [0.2, 0.25) is 0 Å². The Bertz CT molecular complexity index is 676. The van der Waals surface area contributed by atoms with Crippen LogP contribution in [0.5, 0.6) is 0 Å². The van der Waals surface area contributed by atoms with Crippen molar-refractivity contribution >= 4 is 5.97 Å². The van der Waals surface area contributed by atoms with Gasteiger partial charge >= 0.3 is 5.97 Å². The molecule has 1 saturated heterocycles. The summed E-state index contributed by atoms with van der Waals surface area (Å²) in [5.41, 5.74) is 5.53. The fraction of sp³-hybridized carbons (Fsp3) is 0.611. The van der Waals surface area contributed by atoms with E-state index in [2.05, 4.69) is 13.8 Å². The van der Waals surface area contributed by atoms with Gasteiger partial charge in [-0.05, 0) is 55.5 Å². The van der Waals surface area contributed by atoms with E-state index < -0.39 is 5.79 Å². The summed E-state index contributed by atoms with van der Waals surface area (Å²) < 4.78 is 17.3. The molecule has 4 heteroatoms. The van der Waals surface area contributed by atoms with Gasteiger partial charge in [-0.3, -0.25) is 0 Å². The Morgan fingerprint density at radius 1 is 1.23 bits per heavy atom. The second kappa shape index (κ2) is 4.33.